The number of nitrogens with one attached hydrogen (secondary N) is 1. The Kier molecular flexibility index (Phi) is 5.06. The number of ether oxygens (including phenoxy) is 2. The Balaban J connectivity index is 1.84. The second-order valence-electron chi connectivity index (χ2n) is 5.90. The van der Waals surface area contributed by atoms with Crippen molar-refractivity contribution in [2.75, 3.05) is 13.7 Å². The van der Waals surface area contributed by atoms with Gasteiger partial charge in [0.2, 0.25) is 5.91 Å². The van der Waals surface area contributed by atoms with Gasteiger partial charge in [0.15, 0.2) is 17.6 Å². The van der Waals surface area contributed by atoms with E-state index in [1.54, 1.807) is 24.3 Å². The maximum Gasteiger partial charge on any atom is 0.330 e. The number of hydrogen-bond acceptors (Lipinski definition) is 4. The van der Waals surface area contributed by atoms with Gasteiger partial charge in [-0.2, -0.15) is 0 Å². The van der Waals surface area contributed by atoms with Crippen LogP contribution in [0.4, 0.5) is 4.39 Å². The summed E-state index contributed by atoms with van der Waals surface area (Å²) in [5.41, 5.74) is 0.839. The smallest absolute Gasteiger partial charge is 0.330 e. The fourth-order valence-electron chi connectivity index (χ4n) is 3.01. The number of carboxylic acid groups (broad SMARTS) is 1. The van der Waals surface area contributed by atoms with Gasteiger partial charge in [0, 0.05) is 5.56 Å². The Hall–Kier alpha value is -3.09. The Labute approximate surface area is 149 Å². The topological polar surface area (TPSA) is 84.9 Å². The molecule has 1 aliphatic rings. The average Bonchev–Trinajstić information content (AvgIpc) is 2.65. The van der Waals surface area contributed by atoms with Gasteiger partial charge in [0.1, 0.15) is 5.75 Å². The Morgan fingerprint density at radius 2 is 2.08 bits per heavy atom. The van der Waals surface area contributed by atoms with E-state index < -0.39 is 29.7 Å². The van der Waals surface area contributed by atoms with Crippen LogP contribution in [0.15, 0.2) is 42.5 Å². The normalized spacial score (nSPS) is 16.8. The van der Waals surface area contributed by atoms with Crippen LogP contribution in [0.2, 0.25) is 0 Å². The van der Waals surface area contributed by atoms with Crippen molar-refractivity contribution in [2.45, 2.75) is 18.4 Å². The number of amides is 1. The van der Waals surface area contributed by atoms with Crippen LogP contribution >= 0.6 is 0 Å². The van der Waals surface area contributed by atoms with Crippen molar-refractivity contribution in [1.29, 1.82) is 0 Å². The summed E-state index contributed by atoms with van der Waals surface area (Å²) in [4.78, 5) is 24.3. The molecule has 1 heterocycles. The van der Waals surface area contributed by atoms with Crippen molar-refractivity contribution < 1.29 is 28.6 Å². The maximum absolute atomic E-state index is 13.9. The van der Waals surface area contributed by atoms with Crippen LogP contribution in [0.3, 0.4) is 0 Å². The Morgan fingerprint density at radius 1 is 1.31 bits per heavy atom. The molecule has 0 bridgehead atoms. The molecule has 1 aliphatic heterocycles. The lowest BCUT2D eigenvalue weighted by Crippen LogP contribution is -2.38. The number of fused-ring (bicyclic) bond motifs is 1. The van der Waals surface area contributed by atoms with Crippen molar-refractivity contribution in [3.63, 3.8) is 0 Å². The van der Waals surface area contributed by atoms with Crippen LogP contribution in [0.5, 0.6) is 11.5 Å². The molecule has 3 rings (SSSR count). The fourth-order valence-corrected chi connectivity index (χ4v) is 3.01. The number of hydrogen-bond donors (Lipinski definition) is 2. The van der Waals surface area contributed by atoms with Gasteiger partial charge in [0.25, 0.3) is 0 Å². The minimum atomic E-state index is -1.36. The van der Waals surface area contributed by atoms with Gasteiger partial charge in [-0.15, -0.1) is 0 Å². The minimum absolute atomic E-state index is 0.00238. The predicted octanol–water partition coefficient (Wildman–Crippen LogP) is 2.64. The number of carbonyl (C=O) groups excluding carboxylic acids is 1. The molecule has 0 radical (unpaired) electrons. The fraction of sp³-hybridized carbons (Fsp3) is 0.263. The first-order valence-corrected chi connectivity index (χ1v) is 8.09. The molecule has 136 valence electrons. The van der Waals surface area contributed by atoms with Gasteiger partial charge in [-0.3, -0.25) is 4.79 Å². The molecule has 0 saturated heterocycles. The van der Waals surface area contributed by atoms with Gasteiger partial charge in [-0.25, -0.2) is 9.18 Å². The summed E-state index contributed by atoms with van der Waals surface area (Å²) in [6, 6.07) is 9.58. The van der Waals surface area contributed by atoms with Gasteiger partial charge in [0.05, 0.1) is 19.6 Å². The maximum atomic E-state index is 13.9. The summed E-state index contributed by atoms with van der Waals surface area (Å²) in [6.07, 6.45) is 0.437. The number of carbonyl (C=O) groups is 2. The molecule has 26 heavy (non-hydrogen) atoms. The number of benzene rings is 2. The first-order valence-electron chi connectivity index (χ1n) is 8.09. The minimum Gasteiger partial charge on any atom is -0.494 e. The molecule has 2 atom stereocenters. The molecule has 2 aromatic carbocycles. The highest BCUT2D eigenvalue weighted by molar-refractivity contribution is 5.89. The van der Waals surface area contributed by atoms with Crippen molar-refractivity contribution >= 4 is 11.9 Å². The number of methoxy groups -OCH3 is 1. The van der Waals surface area contributed by atoms with E-state index in [1.807, 2.05) is 0 Å². The third-order valence-electron chi connectivity index (χ3n) is 4.32. The summed E-state index contributed by atoms with van der Waals surface area (Å²) >= 11 is 0. The van der Waals surface area contributed by atoms with Gasteiger partial charge >= 0.3 is 5.97 Å². The Bertz CT molecular complexity index is 838. The van der Waals surface area contributed by atoms with Crippen LogP contribution in [0, 0.1) is 5.82 Å². The number of rotatable bonds is 5. The zero-order chi connectivity index (χ0) is 18.7. The summed E-state index contributed by atoms with van der Waals surface area (Å²) in [7, 11) is 1.32. The summed E-state index contributed by atoms with van der Waals surface area (Å²) in [5.74, 6) is -2.32. The van der Waals surface area contributed by atoms with Crippen molar-refractivity contribution in [3.8, 4) is 11.5 Å². The van der Waals surface area contributed by atoms with Crippen LogP contribution in [-0.2, 0) is 9.59 Å². The molecule has 2 N–H and O–H groups in total. The lowest BCUT2D eigenvalue weighted by Gasteiger charge is -2.26. The second-order valence-corrected chi connectivity index (χ2v) is 5.90. The standard InChI is InChI=1S/C19H18FNO5/c1-25-16-7-6-11(10-14(16)20)17(19(23)24)21-18(22)13-8-9-26-15-5-3-2-4-12(13)15/h2-7,10,13,17H,8-9H2,1H3,(H,21,22)(H,23,24). The lowest BCUT2D eigenvalue weighted by molar-refractivity contribution is -0.142. The summed E-state index contributed by atoms with van der Waals surface area (Å²) < 4.78 is 24.3. The van der Waals surface area contributed by atoms with Crippen LogP contribution < -0.4 is 14.8 Å². The molecule has 2 aromatic rings. The highest BCUT2D eigenvalue weighted by atomic mass is 19.1. The molecule has 7 heteroatoms. The molecule has 0 spiro atoms. The van der Waals surface area contributed by atoms with Gasteiger partial charge in [-0.05, 0) is 30.2 Å². The molecule has 6 nitrogen and oxygen atoms in total. The highest BCUT2D eigenvalue weighted by Gasteiger charge is 2.31. The number of aliphatic carboxylic acids is 1. The number of para-hydroxylation sites is 1. The molecule has 0 fully saturated rings. The largest absolute Gasteiger partial charge is 0.494 e. The molecular formula is C19H18FNO5. The second kappa shape index (κ2) is 7.43. The van der Waals surface area contributed by atoms with Crippen molar-refractivity contribution in [2.24, 2.45) is 0 Å². The van der Waals surface area contributed by atoms with Crippen molar-refractivity contribution in [1.82, 2.24) is 5.32 Å². The zero-order valence-corrected chi connectivity index (χ0v) is 14.1. The number of carboxylic acids is 1. The van der Waals surface area contributed by atoms with E-state index in [0.717, 1.165) is 6.07 Å². The zero-order valence-electron chi connectivity index (χ0n) is 14.1. The third kappa shape index (κ3) is 3.46. The molecule has 0 aliphatic carbocycles. The monoisotopic (exact) mass is 359 g/mol. The molecule has 0 saturated carbocycles. The predicted molar refractivity (Wildman–Crippen MR) is 90.8 cm³/mol. The summed E-state index contributed by atoms with van der Waals surface area (Å²) in [6.45, 7) is 0.365. The Morgan fingerprint density at radius 3 is 2.77 bits per heavy atom. The molecule has 0 aromatic heterocycles. The van der Waals surface area contributed by atoms with Gasteiger partial charge in [-0.1, -0.05) is 24.3 Å². The van der Waals surface area contributed by atoms with Crippen LogP contribution in [0.1, 0.15) is 29.5 Å². The first kappa shape index (κ1) is 17.7. The quantitative estimate of drug-likeness (QED) is 0.857. The molecule has 2 unspecified atom stereocenters. The van der Waals surface area contributed by atoms with E-state index in [-0.39, 0.29) is 11.3 Å². The SMILES string of the molecule is COc1ccc(C(NC(=O)C2CCOc3ccccc32)C(=O)O)cc1F. The van der Waals surface area contributed by atoms with E-state index >= 15 is 0 Å². The highest BCUT2D eigenvalue weighted by Crippen LogP contribution is 2.34. The first-order chi connectivity index (χ1) is 12.5. The van der Waals surface area contributed by atoms with Gasteiger partial charge < -0.3 is 19.9 Å². The van der Waals surface area contributed by atoms with E-state index in [0.29, 0.717) is 24.3 Å². The number of halogens is 1. The van der Waals surface area contributed by atoms with E-state index in [4.69, 9.17) is 9.47 Å². The van der Waals surface area contributed by atoms with E-state index in [9.17, 15) is 19.1 Å². The van der Waals surface area contributed by atoms with E-state index in [2.05, 4.69) is 5.32 Å². The average molecular weight is 359 g/mol. The molecule has 1 amide bonds. The van der Waals surface area contributed by atoms with E-state index in [1.165, 1.54) is 19.2 Å². The van der Waals surface area contributed by atoms with Crippen LogP contribution in [0.25, 0.3) is 0 Å². The summed E-state index contributed by atoms with van der Waals surface area (Å²) in [5, 5.41) is 12.0. The lowest BCUT2D eigenvalue weighted by atomic mass is 9.91. The molecular weight excluding hydrogens is 341 g/mol. The van der Waals surface area contributed by atoms with Crippen molar-refractivity contribution in [3.05, 3.63) is 59.4 Å². The van der Waals surface area contributed by atoms with Crippen LogP contribution in [-0.4, -0.2) is 30.7 Å². The third-order valence-corrected chi connectivity index (χ3v) is 4.32.